The van der Waals surface area contributed by atoms with Crippen molar-refractivity contribution in [2.45, 2.75) is 45.2 Å². The lowest BCUT2D eigenvalue weighted by Gasteiger charge is -2.14. The molecule has 1 aliphatic rings. The van der Waals surface area contributed by atoms with E-state index in [-0.39, 0.29) is 6.54 Å². The number of nitrogens with zero attached hydrogens (tertiary/aromatic N) is 3. The molecule has 2 aromatic heterocycles. The van der Waals surface area contributed by atoms with Crippen LogP contribution in [-0.4, -0.2) is 23.2 Å². The third kappa shape index (κ3) is 5.04. The Morgan fingerprint density at radius 1 is 1.10 bits per heavy atom. The Kier molecular flexibility index (Phi) is 6.11. The van der Waals surface area contributed by atoms with Gasteiger partial charge < -0.3 is 0 Å². The molecule has 156 valence electrons. The van der Waals surface area contributed by atoms with E-state index in [0.29, 0.717) is 11.7 Å². The van der Waals surface area contributed by atoms with Crippen molar-refractivity contribution in [3.05, 3.63) is 77.1 Å². The van der Waals surface area contributed by atoms with Crippen LogP contribution in [0.15, 0.2) is 60.3 Å². The van der Waals surface area contributed by atoms with Gasteiger partial charge >= 0.3 is 0 Å². The maximum Gasteiger partial charge on any atom is 0.234 e. The highest BCUT2D eigenvalue weighted by atomic mass is 32.2. The number of hydrogen-bond donors (Lipinski definition) is 1. The van der Waals surface area contributed by atoms with Crippen molar-refractivity contribution in [3.63, 3.8) is 0 Å². The second-order valence-electron chi connectivity index (χ2n) is 7.72. The predicted molar refractivity (Wildman–Crippen MR) is 119 cm³/mol. The first-order valence-electron chi connectivity index (χ1n) is 10.2. The van der Waals surface area contributed by atoms with Crippen LogP contribution < -0.4 is 4.72 Å². The second-order valence-corrected chi connectivity index (χ2v) is 9.37. The van der Waals surface area contributed by atoms with E-state index in [1.807, 2.05) is 49.4 Å². The van der Waals surface area contributed by atoms with Crippen molar-refractivity contribution in [2.75, 3.05) is 0 Å². The average Bonchev–Trinajstić information content (AvgIpc) is 3.42. The first-order valence-corrected chi connectivity index (χ1v) is 11.8. The molecule has 7 heteroatoms. The summed E-state index contributed by atoms with van der Waals surface area (Å²) in [6.07, 6.45) is 9.73. The summed E-state index contributed by atoms with van der Waals surface area (Å²) in [6, 6.07) is 13.9. The first-order chi connectivity index (χ1) is 14.5. The molecule has 30 heavy (non-hydrogen) atoms. The van der Waals surface area contributed by atoms with Crippen LogP contribution in [0.25, 0.3) is 17.3 Å². The maximum absolute atomic E-state index is 12.4. The van der Waals surface area contributed by atoms with Crippen molar-refractivity contribution in [2.24, 2.45) is 0 Å². The quantitative estimate of drug-likeness (QED) is 0.610. The van der Waals surface area contributed by atoms with Crippen LogP contribution in [0, 0.1) is 6.92 Å². The van der Waals surface area contributed by atoms with E-state index in [2.05, 4.69) is 14.4 Å². The van der Waals surface area contributed by atoms with Crippen molar-refractivity contribution >= 4 is 16.1 Å². The zero-order valence-electron chi connectivity index (χ0n) is 17.0. The normalized spacial score (nSPS) is 15.2. The van der Waals surface area contributed by atoms with Crippen molar-refractivity contribution in [1.82, 2.24) is 19.5 Å². The third-order valence-corrected chi connectivity index (χ3v) is 6.45. The van der Waals surface area contributed by atoms with Crippen LogP contribution in [-0.2, 0) is 16.6 Å². The van der Waals surface area contributed by atoms with Gasteiger partial charge in [0.15, 0.2) is 0 Å². The molecular weight excluding hydrogens is 396 g/mol. The summed E-state index contributed by atoms with van der Waals surface area (Å²) in [5.74, 6) is 0. The molecule has 0 aliphatic heterocycles. The minimum absolute atomic E-state index is 0.151. The van der Waals surface area contributed by atoms with E-state index in [1.54, 1.807) is 18.5 Å². The fourth-order valence-corrected chi connectivity index (χ4v) is 4.55. The molecule has 1 N–H and O–H groups in total. The predicted octanol–water partition coefficient (Wildman–Crippen LogP) is 4.46. The Hall–Kier alpha value is -2.77. The van der Waals surface area contributed by atoms with Crippen molar-refractivity contribution in [3.8, 4) is 11.3 Å². The zero-order chi connectivity index (χ0) is 21.0. The van der Waals surface area contributed by atoms with Gasteiger partial charge in [0.25, 0.3) is 0 Å². The van der Waals surface area contributed by atoms with E-state index < -0.39 is 10.0 Å². The van der Waals surface area contributed by atoms with Crippen molar-refractivity contribution < 1.29 is 8.42 Å². The number of aryl methyl sites for hydroxylation is 1. The molecule has 2 heterocycles. The molecule has 0 atom stereocenters. The van der Waals surface area contributed by atoms with Gasteiger partial charge in [0.05, 0.1) is 24.0 Å². The highest BCUT2D eigenvalue weighted by Crippen LogP contribution is 2.33. The van der Waals surface area contributed by atoms with E-state index in [9.17, 15) is 8.42 Å². The molecule has 1 aliphatic carbocycles. The molecule has 0 amide bonds. The molecular formula is C23H26N4O2S. The molecule has 6 nitrogen and oxygen atoms in total. The Morgan fingerprint density at radius 3 is 2.50 bits per heavy atom. The Labute approximate surface area is 177 Å². The molecule has 4 rings (SSSR count). The van der Waals surface area contributed by atoms with Gasteiger partial charge in [-0.2, -0.15) is 5.10 Å². The minimum Gasteiger partial charge on any atom is -0.265 e. The monoisotopic (exact) mass is 422 g/mol. The van der Waals surface area contributed by atoms with E-state index >= 15 is 0 Å². The van der Waals surface area contributed by atoms with Gasteiger partial charge in [0.2, 0.25) is 10.0 Å². The lowest BCUT2D eigenvalue weighted by atomic mass is 10.1. The highest BCUT2D eigenvalue weighted by molar-refractivity contribution is 7.92. The number of rotatable bonds is 7. The van der Waals surface area contributed by atoms with Crippen LogP contribution in [0.2, 0.25) is 0 Å². The summed E-state index contributed by atoms with van der Waals surface area (Å²) in [5, 5.41) is 5.95. The fraction of sp³-hybridized carbons (Fsp3) is 0.304. The van der Waals surface area contributed by atoms with Gasteiger partial charge in [-0.25, -0.2) is 13.1 Å². The summed E-state index contributed by atoms with van der Waals surface area (Å²) in [6.45, 7) is 2.15. The zero-order valence-corrected chi connectivity index (χ0v) is 17.8. The van der Waals surface area contributed by atoms with Crippen LogP contribution in [0.4, 0.5) is 0 Å². The summed E-state index contributed by atoms with van der Waals surface area (Å²) in [5.41, 5.74) is 4.74. The number of hydrogen-bond acceptors (Lipinski definition) is 4. The van der Waals surface area contributed by atoms with Gasteiger partial charge in [0, 0.05) is 23.4 Å². The number of nitrogens with one attached hydrogen (secondary N) is 1. The topological polar surface area (TPSA) is 76.9 Å². The number of aromatic nitrogens is 3. The van der Waals surface area contributed by atoms with Crippen LogP contribution in [0.3, 0.4) is 0 Å². The van der Waals surface area contributed by atoms with Gasteiger partial charge in [-0.1, -0.05) is 42.7 Å². The Morgan fingerprint density at radius 2 is 1.80 bits per heavy atom. The van der Waals surface area contributed by atoms with Gasteiger partial charge in [-0.05, 0) is 49.6 Å². The molecule has 0 radical (unpaired) electrons. The summed E-state index contributed by atoms with van der Waals surface area (Å²) >= 11 is 0. The number of pyridine rings is 1. The molecule has 1 saturated carbocycles. The summed E-state index contributed by atoms with van der Waals surface area (Å²) in [4.78, 5) is 4.09. The standard InChI is InChI=1S/C23H26N4O2S/c1-18-6-8-19(9-7-18)12-15-30(28,29)25-17-21-16-23(20-10-13-24-14-11-20)27(26-21)22-4-2-3-5-22/h6-16,22,25H,2-5,17H2,1H3/b15-12+. The van der Waals surface area contributed by atoms with Gasteiger partial charge in [-0.3, -0.25) is 9.67 Å². The SMILES string of the molecule is Cc1ccc(/C=C/S(=O)(=O)NCc2cc(-c3ccncc3)n(C3CCCC3)n2)cc1. The Bertz CT molecular complexity index is 1110. The van der Waals surface area contributed by atoms with Crippen LogP contribution >= 0.6 is 0 Å². The third-order valence-electron chi connectivity index (χ3n) is 5.40. The second kappa shape index (κ2) is 8.93. The molecule has 0 unspecified atom stereocenters. The molecule has 1 fully saturated rings. The molecule has 0 spiro atoms. The van der Waals surface area contributed by atoms with E-state index in [1.165, 1.54) is 18.2 Å². The highest BCUT2D eigenvalue weighted by Gasteiger charge is 2.22. The molecule has 0 saturated heterocycles. The van der Waals surface area contributed by atoms with Gasteiger partial charge in [-0.15, -0.1) is 0 Å². The van der Waals surface area contributed by atoms with Crippen LogP contribution in [0.1, 0.15) is 48.5 Å². The largest absolute Gasteiger partial charge is 0.265 e. The number of sulfonamides is 1. The lowest BCUT2D eigenvalue weighted by Crippen LogP contribution is -2.21. The molecule has 3 aromatic rings. The number of benzene rings is 1. The maximum atomic E-state index is 12.4. The van der Waals surface area contributed by atoms with Gasteiger partial charge in [0.1, 0.15) is 0 Å². The first kappa shape index (κ1) is 20.5. The smallest absolute Gasteiger partial charge is 0.234 e. The lowest BCUT2D eigenvalue weighted by molar-refractivity contribution is 0.467. The fourth-order valence-electron chi connectivity index (χ4n) is 3.77. The average molecular weight is 423 g/mol. The molecule has 1 aromatic carbocycles. The van der Waals surface area contributed by atoms with Crippen molar-refractivity contribution in [1.29, 1.82) is 0 Å². The summed E-state index contributed by atoms with van der Waals surface area (Å²) < 4.78 is 29.5. The minimum atomic E-state index is -3.57. The van der Waals surface area contributed by atoms with E-state index in [0.717, 1.165) is 35.2 Å². The summed E-state index contributed by atoms with van der Waals surface area (Å²) in [7, 11) is -3.57. The van der Waals surface area contributed by atoms with E-state index in [4.69, 9.17) is 5.10 Å². The van der Waals surface area contributed by atoms with Crippen LogP contribution in [0.5, 0.6) is 0 Å². The molecule has 0 bridgehead atoms. The Balaban J connectivity index is 1.50.